The Morgan fingerprint density at radius 3 is 3.00 bits per heavy atom. The molecule has 0 atom stereocenters. The van der Waals surface area contributed by atoms with Crippen molar-refractivity contribution < 1.29 is 9.90 Å². The third-order valence-electron chi connectivity index (χ3n) is 1.85. The summed E-state index contributed by atoms with van der Waals surface area (Å²) in [4.78, 5) is 11.6. The fourth-order valence-corrected chi connectivity index (χ4v) is 2.07. The maximum absolute atomic E-state index is 10.5. The Kier molecular flexibility index (Phi) is 2.45. The first-order chi connectivity index (χ1) is 6.75. The molecule has 1 aliphatic rings. The lowest BCUT2D eigenvalue weighted by Crippen LogP contribution is -2.08. The maximum Gasteiger partial charge on any atom is 0.309 e. The van der Waals surface area contributed by atoms with Gasteiger partial charge in [-0.2, -0.15) is 0 Å². The van der Waals surface area contributed by atoms with Crippen molar-refractivity contribution in [2.75, 3.05) is 5.32 Å². The van der Waals surface area contributed by atoms with Crippen molar-refractivity contribution in [2.24, 2.45) is 0 Å². The molecule has 0 amide bonds. The maximum atomic E-state index is 10.5. The number of fused-ring (bicyclic) bond motifs is 1. The Hall–Kier alpha value is -1.42. The number of hydrogen-bond donors (Lipinski definition) is 2. The number of nitrogens with one attached hydrogen (secondary N) is 1. The van der Waals surface area contributed by atoms with Gasteiger partial charge in [-0.05, 0) is 17.5 Å². The molecule has 4 heteroatoms. The van der Waals surface area contributed by atoms with Crippen LogP contribution in [-0.4, -0.2) is 11.1 Å². The van der Waals surface area contributed by atoms with Crippen molar-refractivity contribution in [1.82, 2.24) is 0 Å². The molecule has 2 rings (SSSR count). The number of rotatable bonds is 2. The quantitative estimate of drug-likeness (QED) is 0.782. The molecule has 2 N–H and O–H groups in total. The number of carboxylic acids is 1. The highest BCUT2D eigenvalue weighted by molar-refractivity contribution is 8.02. The summed E-state index contributed by atoms with van der Waals surface area (Å²) in [7, 11) is 0. The van der Waals surface area contributed by atoms with Crippen molar-refractivity contribution in [1.29, 1.82) is 0 Å². The predicted molar refractivity (Wildman–Crippen MR) is 56.3 cm³/mol. The van der Waals surface area contributed by atoms with Gasteiger partial charge in [-0.1, -0.05) is 23.9 Å². The van der Waals surface area contributed by atoms with Gasteiger partial charge in [0.25, 0.3) is 0 Å². The van der Waals surface area contributed by atoms with Crippen LogP contribution < -0.4 is 5.32 Å². The lowest BCUT2D eigenvalue weighted by Gasteiger charge is -2.17. The van der Waals surface area contributed by atoms with E-state index in [4.69, 9.17) is 5.11 Å². The molecular weight excluding hydrogens is 198 g/mol. The third kappa shape index (κ3) is 1.90. The van der Waals surface area contributed by atoms with Crippen LogP contribution in [-0.2, 0) is 4.79 Å². The molecule has 1 aliphatic heterocycles. The van der Waals surface area contributed by atoms with Crippen LogP contribution in [0.15, 0.2) is 40.3 Å². The highest BCUT2D eigenvalue weighted by atomic mass is 32.2. The molecular formula is C10H9NO2S. The highest BCUT2D eigenvalue weighted by Gasteiger charge is 2.11. The van der Waals surface area contributed by atoms with E-state index in [1.807, 2.05) is 29.7 Å². The molecule has 0 unspecified atom stereocenters. The summed E-state index contributed by atoms with van der Waals surface area (Å²) in [6.07, 6.45) is 0.0430. The van der Waals surface area contributed by atoms with Gasteiger partial charge >= 0.3 is 5.97 Å². The smallest absolute Gasteiger partial charge is 0.309 e. The van der Waals surface area contributed by atoms with Gasteiger partial charge in [0, 0.05) is 10.6 Å². The van der Waals surface area contributed by atoms with Crippen LogP contribution in [0, 0.1) is 0 Å². The van der Waals surface area contributed by atoms with E-state index in [1.54, 1.807) is 11.8 Å². The first-order valence-corrected chi connectivity index (χ1v) is 5.07. The summed E-state index contributed by atoms with van der Waals surface area (Å²) < 4.78 is 0. The molecule has 0 bridgehead atoms. The molecule has 0 radical (unpaired) electrons. The van der Waals surface area contributed by atoms with Crippen molar-refractivity contribution in [3.63, 3.8) is 0 Å². The molecule has 0 aliphatic carbocycles. The minimum atomic E-state index is -0.816. The summed E-state index contributed by atoms with van der Waals surface area (Å²) >= 11 is 1.55. The van der Waals surface area contributed by atoms with E-state index in [2.05, 4.69) is 5.32 Å². The van der Waals surface area contributed by atoms with Gasteiger partial charge in [0.05, 0.1) is 12.1 Å². The summed E-state index contributed by atoms with van der Waals surface area (Å²) in [5.41, 5.74) is 1.72. The van der Waals surface area contributed by atoms with Crippen LogP contribution in [0.2, 0.25) is 0 Å². The minimum Gasteiger partial charge on any atom is -0.481 e. The molecule has 0 saturated heterocycles. The van der Waals surface area contributed by atoms with Gasteiger partial charge in [0.1, 0.15) is 0 Å². The summed E-state index contributed by atoms with van der Waals surface area (Å²) in [6.45, 7) is 0. The second kappa shape index (κ2) is 3.75. The highest BCUT2D eigenvalue weighted by Crippen LogP contribution is 2.34. The van der Waals surface area contributed by atoms with Crippen molar-refractivity contribution in [2.45, 2.75) is 11.3 Å². The van der Waals surface area contributed by atoms with Crippen LogP contribution in [0.25, 0.3) is 0 Å². The largest absolute Gasteiger partial charge is 0.481 e. The van der Waals surface area contributed by atoms with Crippen LogP contribution >= 0.6 is 11.8 Å². The fourth-order valence-electron chi connectivity index (χ4n) is 1.26. The molecule has 0 fully saturated rings. The van der Waals surface area contributed by atoms with Crippen molar-refractivity contribution >= 4 is 23.4 Å². The number of benzene rings is 1. The Labute approximate surface area is 85.8 Å². The molecule has 72 valence electrons. The van der Waals surface area contributed by atoms with E-state index in [1.165, 1.54) is 0 Å². The summed E-state index contributed by atoms with van der Waals surface area (Å²) in [5, 5.41) is 13.6. The Morgan fingerprint density at radius 1 is 1.43 bits per heavy atom. The first-order valence-electron chi connectivity index (χ1n) is 4.19. The van der Waals surface area contributed by atoms with Crippen LogP contribution in [0.5, 0.6) is 0 Å². The molecule has 0 spiro atoms. The zero-order valence-corrected chi connectivity index (χ0v) is 8.17. The molecule has 14 heavy (non-hydrogen) atoms. The molecule has 0 saturated carbocycles. The van der Waals surface area contributed by atoms with E-state index < -0.39 is 5.97 Å². The number of thioether (sulfide) groups is 1. The Bertz CT molecular complexity index is 401. The molecule has 3 nitrogen and oxygen atoms in total. The van der Waals surface area contributed by atoms with Crippen LogP contribution in [0.3, 0.4) is 0 Å². The Balaban J connectivity index is 2.17. The topological polar surface area (TPSA) is 49.3 Å². The van der Waals surface area contributed by atoms with Crippen molar-refractivity contribution in [3.8, 4) is 0 Å². The number of para-hydroxylation sites is 1. The number of carboxylic acid groups (broad SMARTS) is 1. The van der Waals surface area contributed by atoms with E-state index >= 15 is 0 Å². The second-order valence-corrected chi connectivity index (χ2v) is 3.86. The first kappa shape index (κ1) is 9.15. The average molecular weight is 207 g/mol. The Morgan fingerprint density at radius 2 is 2.21 bits per heavy atom. The lowest BCUT2D eigenvalue weighted by molar-refractivity contribution is -0.136. The summed E-state index contributed by atoms with van der Waals surface area (Å²) in [5.74, 6) is -0.816. The van der Waals surface area contributed by atoms with E-state index in [9.17, 15) is 4.79 Å². The van der Waals surface area contributed by atoms with Crippen LogP contribution in [0.1, 0.15) is 6.42 Å². The van der Waals surface area contributed by atoms with Gasteiger partial charge < -0.3 is 10.4 Å². The van der Waals surface area contributed by atoms with Gasteiger partial charge in [-0.15, -0.1) is 0 Å². The normalized spacial score (nSPS) is 13.9. The zero-order chi connectivity index (χ0) is 9.97. The molecule has 1 heterocycles. The number of hydrogen-bond acceptors (Lipinski definition) is 3. The van der Waals surface area contributed by atoms with Crippen molar-refractivity contribution in [3.05, 3.63) is 35.4 Å². The SMILES string of the molecule is O=C(O)CC1=CSc2ccccc2N1. The monoisotopic (exact) mass is 207 g/mol. The number of aliphatic carboxylic acids is 1. The molecule has 1 aromatic rings. The fraction of sp³-hybridized carbons (Fsp3) is 0.100. The molecule has 0 aromatic heterocycles. The number of carbonyl (C=O) groups is 1. The predicted octanol–water partition coefficient (Wildman–Crippen LogP) is 2.52. The van der Waals surface area contributed by atoms with E-state index in [0.717, 1.165) is 16.3 Å². The molecule has 1 aromatic carbocycles. The lowest BCUT2D eigenvalue weighted by atomic mass is 10.2. The van der Waals surface area contributed by atoms with E-state index in [0.29, 0.717) is 0 Å². The van der Waals surface area contributed by atoms with Crippen LogP contribution in [0.4, 0.5) is 5.69 Å². The number of anilines is 1. The second-order valence-electron chi connectivity index (χ2n) is 2.95. The summed E-state index contributed by atoms with van der Waals surface area (Å²) in [6, 6.07) is 7.83. The van der Waals surface area contributed by atoms with Gasteiger partial charge in [0.2, 0.25) is 0 Å². The van der Waals surface area contributed by atoms with Gasteiger partial charge in [-0.25, -0.2) is 0 Å². The zero-order valence-electron chi connectivity index (χ0n) is 7.36. The minimum absolute atomic E-state index is 0.0430. The average Bonchev–Trinajstić information content (AvgIpc) is 2.17. The standard InChI is InChI=1S/C10H9NO2S/c12-10(13)5-7-6-14-9-4-2-1-3-8(9)11-7/h1-4,6,11H,5H2,(H,12,13). The van der Waals surface area contributed by atoms with Gasteiger partial charge in [-0.3, -0.25) is 4.79 Å². The third-order valence-corrected chi connectivity index (χ3v) is 2.86. The van der Waals surface area contributed by atoms with E-state index in [-0.39, 0.29) is 6.42 Å². The van der Waals surface area contributed by atoms with Gasteiger partial charge in [0.15, 0.2) is 0 Å².